The molecule has 1 aromatic rings. The van der Waals surface area contributed by atoms with Crippen molar-refractivity contribution in [1.29, 1.82) is 0 Å². The molecule has 2 rings (SSSR count). The maximum atomic E-state index is 12.2. The van der Waals surface area contributed by atoms with E-state index in [0.717, 1.165) is 6.54 Å². The number of sulfonamides is 1. The van der Waals surface area contributed by atoms with Gasteiger partial charge in [0.15, 0.2) is 9.84 Å². The number of hydrogen-bond donors (Lipinski definition) is 1. The summed E-state index contributed by atoms with van der Waals surface area (Å²) in [5.74, 6) is 0.134. The number of hydrogen-bond acceptors (Lipinski definition) is 5. The lowest BCUT2D eigenvalue weighted by Gasteiger charge is -2.17. The molecule has 22 heavy (non-hydrogen) atoms. The van der Waals surface area contributed by atoms with Gasteiger partial charge in [-0.15, -0.1) is 0 Å². The van der Waals surface area contributed by atoms with Crippen molar-refractivity contribution < 1.29 is 16.8 Å². The number of sulfone groups is 1. The zero-order chi connectivity index (χ0) is 16.4. The molecular formula is C14H22N2O4S2. The normalized spacial score (nSPS) is 17.4. The highest BCUT2D eigenvalue weighted by Gasteiger charge is 2.25. The first kappa shape index (κ1) is 17.4. The van der Waals surface area contributed by atoms with Crippen LogP contribution in [0, 0.1) is 0 Å². The number of fused-ring (bicyclic) bond motifs is 1. The number of nitrogens with zero attached hydrogens (tertiary/aromatic N) is 1. The molecule has 6 nitrogen and oxygen atoms in total. The highest BCUT2D eigenvalue weighted by molar-refractivity contribution is 7.91. The Kier molecular flexibility index (Phi) is 5.26. The topological polar surface area (TPSA) is 83.6 Å². The number of aryl methyl sites for hydroxylation is 1. The molecule has 0 atom stereocenters. The first-order chi connectivity index (χ1) is 10.2. The molecule has 0 unspecified atom stereocenters. The van der Waals surface area contributed by atoms with E-state index in [1.165, 1.54) is 18.2 Å². The lowest BCUT2D eigenvalue weighted by molar-refractivity contribution is 0.400. The molecule has 1 aromatic carbocycles. The third-order valence-corrected chi connectivity index (χ3v) is 6.96. The Bertz CT molecular complexity index is 740. The fourth-order valence-corrected chi connectivity index (χ4v) is 5.17. The van der Waals surface area contributed by atoms with E-state index in [2.05, 4.69) is 4.72 Å². The van der Waals surface area contributed by atoms with Gasteiger partial charge in [0.25, 0.3) is 0 Å². The second-order valence-electron chi connectivity index (χ2n) is 5.75. The Labute approximate surface area is 132 Å². The van der Waals surface area contributed by atoms with Crippen molar-refractivity contribution in [3.63, 3.8) is 0 Å². The third-order valence-electron chi connectivity index (χ3n) is 3.61. The molecule has 0 amide bonds. The molecule has 0 saturated heterocycles. The van der Waals surface area contributed by atoms with Gasteiger partial charge in [0.2, 0.25) is 10.0 Å². The zero-order valence-electron chi connectivity index (χ0n) is 12.9. The standard InChI is InChI=1S/C14H22N2O4S2/c1-16(2)9-4-8-15-22(19,20)13-6-7-14-12(11-13)5-3-10-21(14,17)18/h6-7,11,15H,3-5,8-10H2,1-2H3. The summed E-state index contributed by atoms with van der Waals surface area (Å²) in [6.07, 6.45) is 1.85. The van der Waals surface area contributed by atoms with Gasteiger partial charge in [-0.2, -0.15) is 0 Å². The molecule has 0 radical (unpaired) electrons. The van der Waals surface area contributed by atoms with E-state index in [0.29, 0.717) is 31.4 Å². The molecule has 0 spiro atoms. The Morgan fingerprint density at radius 1 is 1.27 bits per heavy atom. The van der Waals surface area contributed by atoms with Crippen molar-refractivity contribution in [1.82, 2.24) is 9.62 Å². The van der Waals surface area contributed by atoms with Gasteiger partial charge in [0.05, 0.1) is 15.5 Å². The summed E-state index contributed by atoms with van der Waals surface area (Å²) in [7, 11) is -2.99. The molecule has 1 heterocycles. The van der Waals surface area contributed by atoms with E-state index in [1.807, 2.05) is 19.0 Å². The second kappa shape index (κ2) is 6.66. The van der Waals surface area contributed by atoms with Crippen LogP contribution in [0.2, 0.25) is 0 Å². The highest BCUT2D eigenvalue weighted by Crippen LogP contribution is 2.27. The van der Waals surface area contributed by atoms with E-state index < -0.39 is 19.9 Å². The van der Waals surface area contributed by atoms with Crippen molar-refractivity contribution >= 4 is 19.9 Å². The van der Waals surface area contributed by atoms with E-state index in [-0.39, 0.29) is 15.5 Å². The van der Waals surface area contributed by atoms with Gasteiger partial charge in [-0.05, 0) is 63.7 Å². The summed E-state index contributed by atoms with van der Waals surface area (Å²) in [5, 5.41) is 0. The van der Waals surface area contributed by atoms with Crippen LogP contribution in [0.5, 0.6) is 0 Å². The molecule has 0 aliphatic carbocycles. The van der Waals surface area contributed by atoms with Crippen molar-refractivity contribution in [3.05, 3.63) is 23.8 Å². The summed E-state index contributed by atoms with van der Waals surface area (Å²) in [6.45, 7) is 1.15. The van der Waals surface area contributed by atoms with Gasteiger partial charge < -0.3 is 4.90 Å². The molecule has 1 N–H and O–H groups in total. The van der Waals surface area contributed by atoms with Crippen LogP contribution < -0.4 is 4.72 Å². The van der Waals surface area contributed by atoms with Gasteiger partial charge in [-0.1, -0.05) is 0 Å². The van der Waals surface area contributed by atoms with Gasteiger partial charge >= 0.3 is 0 Å². The fraction of sp³-hybridized carbons (Fsp3) is 0.571. The van der Waals surface area contributed by atoms with Gasteiger partial charge in [0.1, 0.15) is 0 Å². The predicted octanol–water partition coefficient (Wildman–Crippen LogP) is 0.636. The molecule has 1 aliphatic rings. The summed E-state index contributed by atoms with van der Waals surface area (Å²) in [5.41, 5.74) is 0.599. The minimum Gasteiger partial charge on any atom is -0.309 e. The van der Waals surface area contributed by atoms with Crippen LogP contribution in [-0.4, -0.2) is 54.7 Å². The van der Waals surface area contributed by atoms with Crippen LogP contribution >= 0.6 is 0 Å². The van der Waals surface area contributed by atoms with Crippen molar-refractivity contribution in [2.45, 2.75) is 29.1 Å². The molecule has 0 bridgehead atoms. The largest absolute Gasteiger partial charge is 0.309 e. The van der Waals surface area contributed by atoms with E-state index in [4.69, 9.17) is 0 Å². The van der Waals surface area contributed by atoms with Crippen LogP contribution in [0.4, 0.5) is 0 Å². The SMILES string of the molecule is CN(C)CCCNS(=O)(=O)c1ccc2c(c1)CCCS2(=O)=O. The van der Waals surface area contributed by atoms with Crippen molar-refractivity contribution in [3.8, 4) is 0 Å². The van der Waals surface area contributed by atoms with Crippen LogP contribution in [0.25, 0.3) is 0 Å². The zero-order valence-corrected chi connectivity index (χ0v) is 14.5. The average Bonchev–Trinajstić information content (AvgIpc) is 2.43. The van der Waals surface area contributed by atoms with Gasteiger partial charge in [-0.3, -0.25) is 0 Å². The Morgan fingerprint density at radius 2 is 2.00 bits per heavy atom. The van der Waals surface area contributed by atoms with Crippen molar-refractivity contribution in [2.75, 3.05) is 32.9 Å². The molecule has 1 aliphatic heterocycles. The lowest BCUT2D eigenvalue weighted by atomic mass is 10.1. The van der Waals surface area contributed by atoms with Crippen LogP contribution in [0.1, 0.15) is 18.4 Å². The highest BCUT2D eigenvalue weighted by atomic mass is 32.2. The van der Waals surface area contributed by atoms with Crippen LogP contribution in [-0.2, 0) is 26.3 Å². The third kappa shape index (κ3) is 4.07. The molecular weight excluding hydrogens is 324 g/mol. The number of benzene rings is 1. The smallest absolute Gasteiger partial charge is 0.240 e. The summed E-state index contributed by atoms with van der Waals surface area (Å²) in [6, 6.07) is 4.27. The van der Waals surface area contributed by atoms with E-state index >= 15 is 0 Å². The van der Waals surface area contributed by atoms with Crippen LogP contribution in [0.15, 0.2) is 28.0 Å². The molecule has 8 heteroatoms. The molecule has 0 saturated carbocycles. The fourth-order valence-electron chi connectivity index (χ4n) is 2.47. The van der Waals surface area contributed by atoms with Gasteiger partial charge in [-0.25, -0.2) is 21.6 Å². The van der Waals surface area contributed by atoms with E-state index in [9.17, 15) is 16.8 Å². The lowest BCUT2D eigenvalue weighted by Crippen LogP contribution is -2.27. The Morgan fingerprint density at radius 3 is 2.68 bits per heavy atom. The molecule has 0 fully saturated rings. The van der Waals surface area contributed by atoms with Gasteiger partial charge in [0, 0.05) is 6.54 Å². The minimum absolute atomic E-state index is 0.133. The summed E-state index contributed by atoms with van der Waals surface area (Å²) >= 11 is 0. The molecule has 124 valence electrons. The number of rotatable bonds is 6. The van der Waals surface area contributed by atoms with Crippen LogP contribution in [0.3, 0.4) is 0 Å². The second-order valence-corrected chi connectivity index (χ2v) is 9.59. The van der Waals surface area contributed by atoms with Crippen molar-refractivity contribution in [2.24, 2.45) is 0 Å². The predicted molar refractivity (Wildman–Crippen MR) is 85.2 cm³/mol. The summed E-state index contributed by atoms with van der Waals surface area (Å²) < 4.78 is 50.9. The monoisotopic (exact) mass is 346 g/mol. The average molecular weight is 346 g/mol. The quantitative estimate of drug-likeness (QED) is 0.764. The summed E-state index contributed by atoms with van der Waals surface area (Å²) in [4.78, 5) is 2.39. The first-order valence-electron chi connectivity index (χ1n) is 7.22. The Balaban J connectivity index is 2.16. The number of nitrogens with one attached hydrogen (secondary N) is 1. The van der Waals surface area contributed by atoms with E-state index in [1.54, 1.807) is 0 Å². The first-order valence-corrected chi connectivity index (χ1v) is 10.4. The maximum Gasteiger partial charge on any atom is 0.240 e. The Hall–Kier alpha value is -0.960. The molecule has 0 aromatic heterocycles. The minimum atomic E-state index is -3.59. The maximum absolute atomic E-state index is 12.2.